The lowest BCUT2D eigenvalue weighted by molar-refractivity contribution is 0.420. The third kappa shape index (κ3) is 1.94. The summed E-state index contributed by atoms with van der Waals surface area (Å²) in [7, 11) is 1.73. The maximum absolute atomic E-state index is 5.58. The molecule has 4 rings (SSSR count). The normalized spacial score (nSPS) is 11.0. The minimum atomic E-state index is 0.924. The molecule has 0 N–H and O–H groups in total. The van der Waals surface area contributed by atoms with Gasteiger partial charge in [-0.25, -0.2) is 0 Å². The van der Waals surface area contributed by atoms with Crippen LogP contribution in [0.5, 0.6) is 5.75 Å². The highest BCUT2D eigenvalue weighted by molar-refractivity contribution is 6.16. The fraction of sp³-hybridized carbons (Fsp3) is 0.0476. The summed E-state index contributed by atoms with van der Waals surface area (Å²) in [5.74, 6) is 0.924. The maximum atomic E-state index is 5.58. The summed E-state index contributed by atoms with van der Waals surface area (Å²) in [6.07, 6.45) is 0. The van der Waals surface area contributed by atoms with E-state index in [2.05, 4.69) is 66.7 Å². The van der Waals surface area contributed by atoms with Gasteiger partial charge in [0.25, 0.3) is 0 Å². The standard InChI is InChI=1S/C21H16O/c1-22-20-13-7-10-16-14-19(15-8-3-2-4-9-15)17-11-5-6-12-18(17)21(16)20/h2-14H,1H3. The van der Waals surface area contributed by atoms with Crippen LogP contribution in [-0.2, 0) is 0 Å². The highest BCUT2D eigenvalue weighted by Gasteiger charge is 2.11. The first-order valence-electron chi connectivity index (χ1n) is 7.42. The number of hydrogen-bond donors (Lipinski definition) is 0. The minimum absolute atomic E-state index is 0.924. The van der Waals surface area contributed by atoms with Crippen molar-refractivity contribution in [3.63, 3.8) is 0 Å². The summed E-state index contributed by atoms with van der Waals surface area (Å²) in [6, 6.07) is 27.6. The molecule has 22 heavy (non-hydrogen) atoms. The summed E-state index contributed by atoms with van der Waals surface area (Å²) in [5.41, 5.74) is 2.50. The highest BCUT2D eigenvalue weighted by Crippen LogP contribution is 2.38. The van der Waals surface area contributed by atoms with Crippen LogP contribution in [0.2, 0.25) is 0 Å². The summed E-state index contributed by atoms with van der Waals surface area (Å²) < 4.78 is 5.58. The second kappa shape index (κ2) is 5.19. The molecular formula is C21H16O. The van der Waals surface area contributed by atoms with E-state index in [0.717, 1.165) is 5.75 Å². The molecule has 0 fully saturated rings. The van der Waals surface area contributed by atoms with Crippen LogP contribution in [0.3, 0.4) is 0 Å². The first-order chi connectivity index (χ1) is 10.9. The van der Waals surface area contributed by atoms with Crippen LogP contribution in [0.25, 0.3) is 32.7 Å². The van der Waals surface area contributed by atoms with Gasteiger partial charge in [-0.05, 0) is 39.4 Å². The molecule has 1 heteroatoms. The van der Waals surface area contributed by atoms with Crippen molar-refractivity contribution in [2.24, 2.45) is 0 Å². The first kappa shape index (κ1) is 12.9. The van der Waals surface area contributed by atoms with Gasteiger partial charge in [-0.1, -0.05) is 66.7 Å². The van der Waals surface area contributed by atoms with Crippen molar-refractivity contribution in [3.8, 4) is 16.9 Å². The summed E-state index contributed by atoms with van der Waals surface area (Å²) in [4.78, 5) is 0. The van der Waals surface area contributed by atoms with Gasteiger partial charge in [0.15, 0.2) is 0 Å². The van der Waals surface area contributed by atoms with Gasteiger partial charge in [0.05, 0.1) is 7.11 Å². The third-order valence-electron chi connectivity index (χ3n) is 4.15. The predicted octanol–water partition coefficient (Wildman–Crippen LogP) is 5.67. The second-order valence-corrected chi connectivity index (χ2v) is 5.39. The average molecular weight is 284 g/mol. The Hall–Kier alpha value is -2.80. The van der Waals surface area contributed by atoms with Gasteiger partial charge in [-0.15, -0.1) is 0 Å². The van der Waals surface area contributed by atoms with Crippen molar-refractivity contribution in [3.05, 3.63) is 78.9 Å². The molecule has 4 aromatic carbocycles. The molecule has 0 atom stereocenters. The van der Waals surface area contributed by atoms with Gasteiger partial charge >= 0.3 is 0 Å². The van der Waals surface area contributed by atoms with Gasteiger partial charge in [0.2, 0.25) is 0 Å². The Morgan fingerprint density at radius 3 is 2.18 bits per heavy atom. The molecule has 0 spiro atoms. The lowest BCUT2D eigenvalue weighted by atomic mass is 9.93. The van der Waals surface area contributed by atoms with E-state index < -0.39 is 0 Å². The van der Waals surface area contributed by atoms with Crippen molar-refractivity contribution >= 4 is 21.5 Å². The van der Waals surface area contributed by atoms with E-state index in [1.54, 1.807) is 7.11 Å². The lowest BCUT2D eigenvalue weighted by Gasteiger charge is -2.13. The number of fused-ring (bicyclic) bond motifs is 3. The lowest BCUT2D eigenvalue weighted by Crippen LogP contribution is -1.88. The molecule has 4 aromatic rings. The van der Waals surface area contributed by atoms with Crippen molar-refractivity contribution in [2.75, 3.05) is 7.11 Å². The number of hydrogen-bond acceptors (Lipinski definition) is 1. The molecule has 0 aliphatic heterocycles. The Morgan fingerprint density at radius 1 is 0.682 bits per heavy atom. The zero-order valence-electron chi connectivity index (χ0n) is 12.4. The Balaban J connectivity index is 2.19. The molecule has 0 unspecified atom stereocenters. The minimum Gasteiger partial charge on any atom is -0.496 e. The Labute approximate surface area is 129 Å². The monoisotopic (exact) mass is 284 g/mol. The molecule has 0 aliphatic rings. The van der Waals surface area contributed by atoms with E-state index >= 15 is 0 Å². The molecule has 0 aromatic heterocycles. The number of ether oxygens (including phenoxy) is 1. The zero-order valence-corrected chi connectivity index (χ0v) is 12.4. The van der Waals surface area contributed by atoms with Crippen LogP contribution in [0.1, 0.15) is 0 Å². The van der Waals surface area contributed by atoms with Crippen LogP contribution >= 0.6 is 0 Å². The Kier molecular flexibility index (Phi) is 3.05. The van der Waals surface area contributed by atoms with Crippen LogP contribution in [0, 0.1) is 0 Å². The Bertz CT molecular complexity index is 955. The van der Waals surface area contributed by atoms with Crippen molar-refractivity contribution in [1.29, 1.82) is 0 Å². The average Bonchev–Trinajstić information content (AvgIpc) is 2.61. The molecule has 106 valence electrons. The van der Waals surface area contributed by atoms with E-state index in [-0.39, 0.29) is 0 Å². The molecule has 0 saturated heterocycles. The number of benzene rings is 4. The Morgan fingerprint density at radius 2 is 1.41 bits per heavy atom. The van der Waals surface area contributed by atoms with Crippen molar-refractivity contribution in [2.45, 2.75) is 0 Å². The molecular weight excluding hydrogens is 268 g/mol. The van der Waals surface area contributed by atoms with Gasteiger partial charge in [-0.2, -0.15) is 0 Å². The highest BCUT2D eigenvalue weighted by atomic mass is 16.5. The zero-order chi connectivity index (χ0) is 14.9. The summed E-state index contributed by atoms with van der Waals surface area (Å²) >= 11 is 0. The van der Waals surface area contributed by atoms with E-state index in [1.165, 1.54) is 32.7 Å². The van der Waals surface area contributed by atoms with Crippen LogP contribution in [0.15, 0.2) is 78.9 Å². The van der Waals surface area contributed by atoms with Crippen LogP contribution < -0.4 is 4.74 Å². The maximum Gasteiger partial charge on any atom is 0.127 e. The predicted molar refractivity (Wildman–Crippen MR) is 93.4 cm³/mol. The SMILES string of the molecule is COc1cccc2cc(-c3ccccc3)c3ccccc3c12. The fourth-order valence-corrected chi connectivity index (χ4v) is 3.15. The number of methoxy groups -OCH3 is 1. The molecule has 0 heterocycles. The molecule has 0 radical (unpaired) electrons. The summed E-state index contributed by atoms with van der Waals surface area (Å²) in [5, 5.41) is 4.87. The van der Waals surface area contributed by atoms with E-state index in [1.807, 2.05) is 12.1 Å². The summed E-state index contributed by atoms with van der Waals surface area (Å²) in [6.45, 7) is 0. The van der Waals surface area contributed by atoms with Gasteiger partial charge < -0.3 is 4.74 Å². The van der Waals surface area contributed by atoms with Crippen molar-refractivity contribution in [1.82, 2.24) is 0 Å². The van der Waals surface area contributed by atoms with Crippen LogP contribution in [0.4, 0.5) is 0 Å². The largest absolute Gasteiger partial charge is 0.496 e. The molecule has 1 nitrogen and oxygen atoms in total. The van der Waals surface area contributed by atoms with Crippen LogP contribution in [-0.4, -0.2) is 7.11 Å². The van der Waals surface area contributed by atoms with Gasteiger partial charge in [0, 0.05) is 5.39 Å². The topological polar surface area (TPSA) is 9.23 Å². The van der Waals surface area contributed by atoms with E-state index in [9.17, 15) is 0 Å². The quantitative estimate of drug-likeness (QED) is 0.431. The second-order valence-electron chi connectivity index (χ2n) is 5.39. The third-order valence-corrected chi connectivity index (χ3v) is 4.15. The van der Waals surface area contributed by atoms with E-state index in [0.29, 0.717) is 0 Å². The molecule has 0 aliphatic carbocycles. The van der Waals surface area contributed by atoms with Gasteiger partial charge in [0.1, 0.15) is 5.75 Å². The number of rotatable bonds is 2. The molecule has 0 bridgehead atoms. The fourth-order valence-electron chi connectivity index (χ4n) is 3.15. The molecule has 0 amide bonds. The van der Waals surface area contributed by atoms with E-state index in [4.69, 9.17) is 4.74 Å². The molecule has 0 saturated carbocycles. The first-order valence-corrected chi connectivity index (χ1v) is 7.42. The van der Waals surface area contributed by atoms with Gasteiger partial charge in [-0.3, -0.25) is 0 Å². The smallest absolute Gasteiger partial charge is 0.127 e. The van der Waals surface area contributed by atoms with Crippen molar-refractivity contribution < 1.29 is 4.74 Å².